The Kier molecular flexibility index (Phi) is 3.91. The fraction of sp³-hybridized carbons (Fsp3) is 0.600. The van der Waals surface area contributed by atoms with Gasteiger partial charge in [-0.05, 0) is 50.8 Å². The van der Waals surface area contributed by atoms with Crippen molar-refractivity contribution >= 4 is 5.69 Å². The first-order valence-electron chi connectivity index (χ1n) is 6.75. The van der Waals surface area contributed by atoms with E-state index in [4.69, 9.17) is 0 Å². The van der Waals surface area contributed by atoms with E-state index < -0.39 is 6.10 Å². The molecule has 3 atom stereocenters. The Balaban J connectivity index is 2.37. The van der Waals surface area contributed by atoms with Gasteiger partial charge in [0.15, 0.2) is 0 Å². The van der Waals surface area contributed by atoms with E-state index in [1.165, 1.54) is 18.6 Å². The lowest BCUT2D eigenvalue weighted by molar-refractivity contribution is 0.198. The van der Waals surface area contributed by atoms with Crippen LogP contribution in [0.4, 0.5) is 10.1 Å². The SMILES string of the molecule is CC1CCCN(c2ccc(F)cc2[C@H](C)O)C1C. The average Bonchev–Trinajstić information content (AvgIpc) is 2.33. The first-order valence-corrected chi connectivity index (χ1v) is 6.75. The molecule has 0 aromatic heterocycles. The molecule has 0 radical (unpaired) electrons. The van der Waals surface area contributed by atoms with E-state index in [1.54, 1.807) is 13.0 Å². The summed E-state index contributed by atoms with van der Waals surface area (Å²) in [7, 11) is 0. The van der Waals surface area contributed by atoms with Gasteiger partial charge in [-0.3, -0.25) is 0 Å². The molecule has 0 saturated carbocycles. The van der Waals surface area contributed by atoms with Gasteiger partial charge in [0, 0.05) is 23.8 Å². The standard InChI is InChI=1S/C15H22FNO/c1-10-5-4-8-17(11(10)2)15-7-6-13(16)9-14(15)12(3)18/h6-7,9-12,18H,4-5,8H2,1-3H3/t10?,11?,12-/m0/s1. The topological polar surface area (TPSA) is 23.5 Å². The zero-order valence-corrected chi connectivity index (χ0v) is 11.4. The number of rotatable bonds is 2. The highest BCUT2D eigenvalue weighted by molar-refractivity contribution is 5.56. The largest absolute Gasteiger partial charge is 0.389 e. The Morgan fingerprint density at radius 1 is 1.39 bits per heavy atom. The van der Waals surface area contributed by atoms with E-state index in [0.29, 0.717) is 17.5 Å². The third-order valence-electron chi connectivity index (χ3n) is 4.12. The van der Waals surface area contributed by atoms with Crippen LogP contribution in [-0.4, -0.2) is 17.7 Å². The number of aliphatic hydroxyl groups is 1. The predicted octanol–water partition coefficient (Wildman–Crippen LogP) is 3.50. The lowest BCUT2D eigenvalue weighted by Gasteiger charge is -2.40. The Labute approximate surface area is 108 Å². The normalized spacial score (nSPS) is 26.2. The van der Waals surface area contributed by atoms with Crippen molar-refractivity contribution in [3.8, 4) is 0 Å². The van der Waals surface area contributed by atoms with Crippen LogP contribution in [0.25, 0.3) is 0 Å². The average molecular weight is 251 g/mol. The fourth-order valence-corrected chi connectivity index (χ4v) is 2.80. The number of hydrogen-bond acceptors (Lipinski definition) is 2. The summed E-state index contributed by atoms with van der Waals surface area (Å²) >= 11 is 0. The molecule has 2 rings (SSSR count). The Bertz CT molecular complexity index is 419. The maximum absolute atomic E-state index is 13.3. The summed E-state index contributed by atoms with van der Waals surface area (Å²) in [6, 6.07) is 5.16. The molecule has 2 nitrogen and oxygen atoms in total. The first kappa shape index (κ1) is 13.3. The first-order chi connectivity index (χ1) is 8.50. The number of halogens is 1. The quantitative estimate of drug-likeness (QED) is 0.869. The van der Waals surface area contributed by atoms with Crippen molar-refractivity contribution in [1.29, 1.82) is 0 Å². The van der Waals surface area contributed by atoms with Gasteiger partial charge < -0.3 is 10.0 Å². The second-order valence-corrected chi connectivity index (χ2v) is 5.43. The fourth-order valence-electron chi connectivity index (χ4n) is 2.80. The molecule has 0 aliphatic carbocycles. The summed E-state index contributed by atoms with van der Waals surface area (Å²) in [4.78, 5) is 2.30. The highest BCUT2D eigenvalue weighted by atomic mass is 19.1. The highest BCUT2D eigenvalue weighted by Gasteiger charge is 2.27. The van der Waals surface area contributed by atoms with Crippen molar-refractivity contribution in [3.63, 3.8) is 0 Å². The van der Waals surface area contributed by atoms with E-state index in [9.17, 15) is 9.50 Å². The van der Waals surface area contributed by atoms with Gasteiger partial charge in [-0.1, -0.05) is 6.92 Å². The molecular weight excluding hydrogens is 229 g/mol. The van der Waals surface area contributed by atoms with Gasteiger partial charge in [-0.2, -0.15) is 0 Å². The van der Waals surface area contributed by atoms with Gasteiger partial charge in [0.1, 0.15) is 5.82 Å². The zero-order valence-electron chi connectivity index (χ0n) is 11.4. The van der Waals surface area contributed by atoms with Gasteiger partial charge >= 0.3 is 0 Å². The van der Waals surface area contributed by atoms with Crippen molar-refractivity contribution in [3.05, 3.63) is 29.6 Å². The number of nitrogens with zero attached hydrogens (tertiary/aromatic N) is 1. The molecule has 3 heteroatoms. The van der Waals surface area contributed by atoms with Gasteiger partial charge in [0.25, 0.3) is 0 Å². The third kappa shape index (κ3) is 2.51. The van der Waals surface area contributed by atoms with Crippen LogP contribution >= 0.6 is 0 Å². The molecule has 0 amide bonds. The lowest BCUT2D eigenvalue weighted by Crippen LogP contribution is -2.43. The smallest absolute Gasteiger partial charge is 0.123 e. The van der Waals surface area contributed by atoms with Crippen LogP contribution in [0.3, 0.4) is 0 Å². The summed E-state index contributed by atoms with van der Waals surface area (Å²) in [5.41, 5.74) is 1.67. The van der Waals surface area contributed by atoms with E-state index in [0.717, 1.165) is 18.7 Å². The van der Waals surface area contributed by atoms with Crippen molar-refractivity contribution in [2.45, 2.75) is 45.8 Å². The minimum absolute atomic E-state index is 0.285. The van der Waals surface area contributed by atoms with Gasteiger partial charge in [-0.25, -0.2) is 4.39 Å². The zero-order chi connectivity index (χ0) is 13.3. The molecule has 2 unspecified atom stereocenters. The second kappa shape index (κ2) is 5.27. The minimum Gasteiger partial charge on any atom is -0.389 e. The Morgan fingerprint density at radius 2 is 2.11 bits per heavy atom. The third-order valence-corrected chi connectivity index (χ3v) is 4.12. The summed E-state index contributed by atoms with van der Waals surface area (Å²) in [5.74, 6) is 0.345. The van der Waals surface area contributed by atoms with Crippen molar-refractivity contribution in [1.82, 2.24) is 0 Å². The molecule has 18 heavy (non-hydrogen) atoms. The van der Waals surface area contributed by atoms with E-state index in [2.05, 4.69) is 18.7 Å². The predicted molar refractivity (Wildman–Crippen MR) is 72.2 cm³/mol. The molecular formula is C15H22FNO. The van der Waals surface area contributed by atoms with Crippen LogP contribution in [0, 0.1) is 11.7 Å². The van der Waals surface area contributed by atoms with E-state index >= 15 is 0 Å². The number of anilines is 1. The summed E-state index contributed by atoms with van der Waals surface area (Å²) in [6.07, 6.45) is 1.76. The van der Waals surface area contributed by atoms with E-state index in [-0.39, 0.29) is 5.82 Å². The number of piperidine rings is 1. The molecule has 1 aliphatic rings. The second-order valence-electron chi connectivity index (χ2n) is 5.43. The summed E-state index contributed by atoms with van der Waals surface area (Å²) in [6.45, 7) is 7.13. The molecule has 1 aromatic rings. The van der Waals surface area contributed by atoms with Crippen LogP contribution in [-0.2, 0) is 0 Å². The highest BCUT2D eigenvalue weighted by Crippen LogP contribution is 2.33. The summed E-state index contributed by atoms with van der Waals surface area (Å²) in [5, 5.41) is 9.82. The molecule has 1 heterocycles. The molecule has 1 N–H and O–H groups in total. The number of benzene rings is 1. The maximum Gasteiger partial charge on any atom is 0.123 e. The Morgan fingerprint density at radius 3 is 2.78 bits per heavy atom. The molecule has 1 aromatic carbocycles. The number of aliphatic hydroxyl groups excluding tert-OH is 1. The van der Waals surface area contributed by atoms with Crippen molar-refractivity contribution < 1.29 is 9.50 Å². The van der Waals surface area contributed by atoms with Gasteiger partial charge in [0.05, 0.1) is 6.10 Å². The minimum atomic E-state index is -0.639. The van der Waals surface area contributed by atoms with Crippen LogP contribution < -0.4 is 4.90 Å². The van der Waals surface area contributed by atoms with Gasteiger partial charge in [0.2, 0.25) is 0 Å². The number of hydrogen-bond donors (Lipinski definition) is 1. The maximum atomic E-state index is 13.3. The van der Waals surface area contributed by atoms with Crippen LogP contribution in [0.5, 0.6) is 0 Å². The molecule has 0 spiro atoms. The molecule has 1 saturated heterocycles. The van der Waals surface area contributed by atoms with Crippen LogP contribution in [0.2, 0.25) is 0 Å². The monoisotopic (exact) mass is 251 g/mol. The van der Waals surface area contributed by atoms with Gasteiger partial charge in [-0.15, -0.1) is 0 Å². The lowest BCUT2D eigenvalue weighted by atomic mass is 9.90. The van der Waals surface area contributed by atoms with Crippen molar-refractivity contribution in [2.24, 2.45) is 5.92 Å². The molecule has 0 bridgehead atoms. The van der Waals surface area contributed by atoms with Crippen LogP contribution in [0.1, 0.15) is 45.3 Å². The molecule has 100 valence electrons. The Hall–Kier alpha value is -1.09. The molecule has 1 fully saturated rings. The molecule has 1 aliphatic heterocycles. The summed E-state index contributed by atoms with van der Waals surface area (Å²) < 4.78 is 13.3. The van der Waals surface area contributed by atoms with Crippen molar-refractivity contribution in [2.75, 3.05) is 11.4 Å². The van der Waals surface area contributed by atoms with Crippen LogP contribution in [0.15, 0.2) is 18.2 Å². The van der Waals surface area contributed by atoms with E-state index in [1.807, 2.05) is 0 Å².